The molecular weight excluding hydrogens is 200 g/mol. The number of ether oxygens (including phenoxy) is 1. The van der Waals surface area contributed by atoms with Gasteiger partial charge in [0.15, 0.2) is 5.12 Å². The van der Waals surface area contributed by atoms with Crippen LogP contribution in [0.25, 0.3) is 0 Å². The highest BCUT2D eigenvalue weighted by molar-refractivity contribution is 8.14. The number of hydrogen-bond acceptors (Lipinski definition) is 4. The minimum atomic E-state index is -0.220. The first kappa shape index (κ1) is 13.2. The van der Waals surface area contributed by atoms with Crippen LogP contribution in [-0.4, -0.2) is 22.9 Å². The van der Waals surface area contributed by atoms with Crippen molar-refractivity contribution in [1.82, 2.24) is 0 Å². The lowest BCUT2D eigenvalue weighted by molar-refractivity contribution is -0.129. The van der Waals surface area contributed by atoms with Crippen molar-refractivity contribution >= 4 is 23.3 Å². The van der Waals surface area contributed by atoms with Crippen molar-refractivity contribution in [1.29, 1.82) is 0 Å². The minimum absolute atomic E-state index is 0.101. The standard InChI is InChI=1S/C10H16O3S/c1-4-10(2,3)14-9(12)6-5-7-13-8-11/h4,8H,1,5-7H2,2-3H3. The van der Waals surface area contributed by atoms with E-state index in [1.807, 2.05) is 13.8 Å². The van der Waals surface area contributed by atoms with Crippen LogP contribution in [0.4, 0.5) is 0 Å². The Hall–Kier alpha value is -0.770. The lowest BCUT2D eigenvalue weighted by Crippen LogP contribution is -2.13. The van der Waals surface area contributed by atoms with E-state index in [4.69, 9.17) is 0 Å². The minimum Gasteiger partial charge on any atom is -0.468 e. The molecule has 0 saturated heterocycles. The molecule has 3 nitrogen and oxygen atoms in total. The summed E-state index contributed by atoms with van der Waals surface area (Å²) in [6, 6.07) is 0. The van der Waals surface area contributed by atoms with Crippen molar-refractivity contribution < 1.29 is 14.3 Å². The molecule has 0 heterocycles. The van der Waals surface area contributed by atoms with Gasteiger partial charge in [0.1, 0.15) is 0 Å². The van der Waals surface area contributed by atoms with Gasteiger partial charge in [0.2, 0.25) is 0 Å². The first-order valence-electron chi connectivity index (χ1n) is 4.42. The van der Waals surface area contributed by atoms with Gasteiger partial charge in [-0.15, -0.1) is 6.58 Å². The van der Waals surface area contributed by atoms with Crippen LogP contribution >= 0.6 is 11.8 Å². The van der Waals surface area contributed by atoms with Crippen LogP contribution in [0.3, 0.4) is 0 Å². The Balaban J connectivity index is 3.65. The molecule has 80 valence electrons. The van der Waals surface area contributed by atoms with Crippen molar-refractivity contribution in [2.45, 2.75) is 31.4 Å². The van der Waals surface area contributed by atoms with Gasteiger partial charge in [0.05, 0.1) is 6.61 Å². The van der Waals surface area contributed by atoms with E-state index < -0.39 is 0 Å². The third kappa shape index (κ3) is 6.71. The first-order valence-corrected chi connectivity index (χ1v) is 5.24. The van der Waals surface area contributed by atoms with Gasteiger partial charge in [0.25, 0.3) is 6.47 Å². The first-order chi connectivity index (χ1) is 6.52. The van der Waals surface area contributed by atoms with Crippen LogP contribution in [0, 0.1) is 0 Å². The second kappa shape index (κ2) is 6.65. The maximum atomic E-state index is 11.4. The second-order valence-corrected chi connectivity index (χ2v) is 5.06. The second-order valence-electron chi connectivity index (χ2n) is 3.35. The van der Waals surface area contributed by atoms with Gasteiger partial charge in [-0.2, -0.15) is 0 Å². The average molecular weight is 216 g/mol. The summed E-state index contributed by atoms with van der Waals surface area (Å²) in [4.78, 5) is 21.2. The molecule has 0 rings (SSSR count). The number of carbonyl (C=O) groups is 2. The zero-order valence-electron chi connectivity index (χ0n) is 8.62. The maximum Gasteiger partial charge on any atom is 0.293 e. The van der Waals surface area contributed by atoms with Crippen molar-refractivity contribution in [3.05, 3.63) is 12.7 Å². The van der Waals surface area contributed by atoms with Crippen LogP contribution in [-0.2, 0) is 14.3 Å². The van der Waals surface area contributed by atoms with Gasteiger partial charge < -0.3 is 4.74 Å². The van der Waals surface area contributed by atoms with E-state index in [1.54, 1.807) is 6.08 Å². The van der Waals surface area contributed by atoms with E-state index in [0.717, 1.165) is 0 Å². The van der Waals surface area contributed by atoms with Crippen molar-refractivity contribution in [3.8, 4) is 0 Å². The Morgan fingerprint density at radius 3 is 2.71 bits per heavy atom. The molecule has 4 heteroatoms. The summed E-state index contributed by atoms with van der Waals surface area (Å²) in [5, 5.41) is 0.101. The van der Waals surface area contributed by atoms with Gasteiger partial charge in [-0.3, -0.25) is 9.59 Å². The molecule has 14 heavy (non-hydrogen) atoms. The molecule has 0 aliphatic rings. The summed E-state index contributed by atoms with van der Waals surface area (Å²) in [5.41, 5.74) is 0. The fraction of sp³-hybridized carbons (Fsp3) is 0.600. The fourth-order valence-electron chi connectivity index (χ4n) is 0.734. The van der Waals surface area contributed by atoms with Gasteiger partial charge in [-0.1, -0.05) is 17.8 Å². The van der Waals surface area contributed by atoms with E-state index in [1.165, 1.54) is 11.8 Å². The van der Waals surface area contributed by atoms with Crippen LogP contribution in [0.15, 0.2) is 12.7 Å². The van der Waals surface area contributed by atoms with Crippen LogP contribution in [0.2, 0.25) is 0 Å². The summed E-state index contributed by atoms with van der Waals surface area (Å²) in [5.74, 6) is 0. The third-order valence-corrected chi connectivity index (χ3v) is 2.70. The molecule has 0 aliphatic carbocycles. The van der Waals surface area contributed by atoms with Gasteiger partial charge in [-0.25, -0.2) is 0 Å². The Bertz CT molecular complexity index is 211. The molecule has 0 bridgehead atoms. The summed E-state index contributed by atoms with van der Waals surface area (Å²) in [7, 11) is 0. The lowest BCUT2D eigenvalue weighted by atomic mass is 10.2. The van der Waals surface area contributed by atoms with E-state index in [0.29, 0.717) is 25.9 Å². The largest absolute Gasteiger partial charge is 0.468 e. The zero-order chi connectivity index (χ0) is 11.0. The Morgan fingerprint density at radius 1 is 1.57 bits per heavy atom. The zero-order valence-corrected chi connectivity index (χ0v) is 9.43. The summed E-state index contributed by atoms with van der Waals surface area (Å²) in [6.07, 6.45) is 2.76. The highest BCUT2D eigenvalue weighted by Gasteiger charge is 2.18. The molecule has 0 N–H and O–H groups in total. The molecule has 0 radical (unpaired) electrons. The molecule has 0 aromatic carbocycles. The average Bonchev–Trinajstić information content (AvgIpc) is 2.12. The van der Waals surface area contributed by atoms with Gasteiger partial charge >= 0.3 is 0 Å². The fourth-order valence-corrected chi connectivity index (χ4v) is 1.65. The maximum absolute atomic E-state index is 11.4. The molecule has 0 spiro atoms. The lowest BCUT2D eigenvalue weighted by Gasteiger charge is -2.17. The number of hydrogen-bond donors (Lipinski definition) is 0. The third-order valence-electron chi connectivity index (χ3n) is 1.58. The smallest absolute Gasteiger partial charge is 0.293 e. The molecule has 0 fully saturated rings. The van der Waals surface area contributed by atoms with E-state index in [-0.39, 0.29) is 9.86 Å². The molecule has 0 aromatic heterocycles. The Kier molecular flexibility index (Phi) is 6.28. The van der Waals surface area contributed by atoms with E-state index >= 15 is 0 Å². The molecule has 0 atom stereocenters. The summed E-state index contributed by atoms with van der Waals surface area (Å²) in [6.45, 7) is 8.23. The molecule has 0 aromatic rings. The predicted molar refractivity (Wildman–Crippen MR) is 58.1 cm³/mol. The molecule has 0 unspecified atom stereocenters. The van der Waals surface area contributed by atoms with Gasteiger partial charge in [0, 0.05) is 11.2 Å². The Labute approximate surface area is 88.9 Å². The summed E-state index contributed by atoms with van der Waals surface area (Å²) >= 11 is 1.26. The molecule has 0 saturated carbocycles. The van der Waals surface area contributed by atoms with Crippen LogP contribution < -0.4 is 0 Å². The van der Waals surface area contributed by atoms with Crippen molar-refractivity contribution in [3.63, 3.8) is 0 Å². The van der Waals surface area contributed by atoms with Crippen LogP contribution in [0.1, 0.15) is 26.7 Å². The SMILES string of the molecule is C=CC(C)(C)SC(=O)CCCOC=O. The van der Waals surface area contributed by atoms with E-state index in [9.17, 15) is 9.59 Å². The van der Waals surface area contributed by atoms with Crippen molar-refractivity contribution in [2.24, 2.45) is 0 Å². The van der Waals surface area contributed by atoms with Crippen LogP contribution in [0.5, 0.6) is 0 Å². The number of thioether (sulfide) groups is 1. The number of rotatable bonds is 7. The topological polar surface area (TPSA) is 43.4 Å². The highest BCUT2D eigenvalue weighted by atomic mass is 32.2. The summed E-state index contributed by atoms with van der Waals surface area (Å²) < 4.78 is 4.26. The number of carbonyl (C=O) groups excluding carboxylic acids is 2. The monoisotopic (exact) mass is 216 g/mol. The Morgan fingerprint density at radius 2 is 2.21 bits per heavy atom. The van der Waals surface area contributed by atoms with Gasteiger partial charge in [-0.05, 0) is 20.3 Å². The highest BCUT2D eigenvalue weighted by Crippen LogP contribution is 2.27. The molecular formula is C10H16O3S. The van der Waals surface area contributed by atoms with E-state index in [2.05, 4.69) is 11.3 Å². The van der Waals surface area contributed by atoms with Crippen molar-refractivity contribution in [2.75, 3.05) is 6.61 Å². The molecule has 0 amide bonds. The normalized spacial score (nSPS) is 10.7. The quantitative estimate of drug-likeness (QED) is 0.371. The molecule has 0 aliphatic heterocycles. The predicted octanol–water partition coefficient (Wildman–Crippen LogP) is 2.16.